The fraction of sp³-hybridized carbons (Fsp3) is 0.312. The molecule has 2 saturated heterocycles. The van der Waals surface area contributed by atoms with E-state index in [9.17, 15) is 9.18 Å². The van der Waals surface area contributed by atoms with Crippen LogP contribution in [0.4, 0.5) is 4.39 Å². The molecule has 1 amide bonds. The molecule has 1 aromatic carbocycles. The molecule has 2 unspecified atom stereocenters. The Balaban J connectivity index is 1.69. The molecule has 2 heterocycles. The minimum atomic E-state index is -0.235. The normalized spacial score (nSPS) is 33.6. The highest BCUT2D eigenvalue weighted by atomic mass is 19.1. The second kappa shape index (κ2) is 3.95. The lowest BCUT2D eigenvalue weighted by Gasteiger charge is -2.40. The molecular formula is C16H14FNO2. The summed E-state index contributed by atoms with van der Waals surface area (Å²) in [5.74, 6) is 0.548. The molecule has 3 nitrogen and oxygen atoms in total. The van der Waals surface area contributed by atoms with E-state index in [-0.39, 0.29) is 35.7 Å². The molecule has 2 fully saturated rings. The molecule has 0 spiro atoms. The molecule has 0 radical (unpaired) electrons. The molecule has 4 heteroatoms. The fourth-order valence-electron chi connectivity index (χ4n) is 3.66. The zero-order valence-corrected chi connectivity index (χ0v) is 11.0. The van der Waals surface area contributed by atoms with Crippen LogP contribution in [0.2, 0.25) is 0 Å². The first-order valence-corrected chi connectivity index (χ1v) is 6.72. The zero-order valence-electron chi connectivity index (χ0n) is 11.0. The molecule has 0 saturated carbocycles. The number of methoxy groups -OCH3 is 1. The van der Waals surface area contributed by atoms with E-state index >= 15 is 0 Å². The molecule has 4 rings (SSSR count). The third-order valence-electron chi connectivity index (χ3n) is 4.57. The van der Waals surface area contributed by atoms with Crippen LogP contribution in [-0.2, 0) is 4.79 Å². The third kappa shape index (κ3) is 1.36. The lowest BCUT2D eigenvalue weighted by atomic mass is 9.80. The summed E-state index contributed by atoms with van der Waals surface area (Å²) in [6, 6.07) is 7.84. The van der Waals surface area contributed by atoms with Crippen LogP contribution in [0.3, 0.4) is 0 Å². The summed E-state index contributed by atoms with van der Waals surface area (Å²) >= 11 is 0. The van der Waals surface area contributed by atoms with Gasteiger partial charge in [0.05, 0.1) is 25.1 Å². The van der Waals surface area contributed by atoms with E-state index in [2.05, 4.69) is 0 Å². The summed E-state index contributed by atoms with van der Waals surface area (Å²) in [5, 5.41) is 0. The number of hydrogen-bond acceptors (Lipinski definition) is 2. The van der Waals surface area contributed by atoms with Gasteiger partial charge in [0.1, 0.15) is 11.6 Å². The van der Waals surface area contributed by atoms with Crippen molar-refractivity contribution in [2.24, 2.45) is 11.8 Å². The Morgan fingerprint density at radius 3 is 2.70 bits per heavy atom. The highest BCUT2D eigenvalue weighted by Crippen LogP contribution is 2.56. The number of fused-ring (bicyclic) bond motifs is 5. The first-order chi connectivity index (χ1) is 9.70. The molecule has 4 atom stereocenters. The average molecular weight is 271 g/mol. The van der Waals surface area contributed by atoms with Gasteiger partial charge in [-0.15, -0.1) is 0 Å². The topological polar surface area (TPSA) is 29.5 Å². The molecular weight excluding hydrogens is 257 g/mol. The van der Waals surface area contributed by atoms with Crippen LogP contribution < -0.4 is 4.74 Å². The lowest BCUT2D eigenvalue weighted by molar-refractivity contribution is -0.148. The largest absolute Gasteiger partial charge is 0.497 e. The number of benzene rings is 1. The molecule has 1 aliphatic carbocycles. The Morgan fingerprint density at radius 1 is 1.25 bits per heavy atom. The molecule has 102 valence electrons. The van der Waals surface area contributed by atoms with Gasteiger partial charge in [-0.1, -0.05) is 18.2 Å². The molecule has 20 heavy (non-hydrogen) atoms. The standard InChI is InChI=1S/C16H14FNO2/c1-20-11-5-2-9(3-6-11)15-14-12-8-10(17)4-7-13(12)18(15)16(14)19/h2-8,12-15H,1H3/t12?,13?,14-,15-/m1/s1. The minimum Gasteiger partial charge on any atom is -0.497 e. The van der Waals surface area contributed by atoms with Gasteiger partial charge in [0.25, 0.3) is 0 Å². The van der Waals surface area contributed by atoms with Crippen molar-refractivity contribution in [2.75, 3.05) is 7.11 Å². The van der Waals surface area contributed by atoms with E-state index in [4.69, 9.17) is 4.74 Å². The van der Waals surface area contributed by atoms with Crippen molar-refractivity contribution in [3.63, 3.8) is 0 Å². The van der Waals surface area contributed by atoms with Crippen LogP contribution in [0.5, 0.6) is 5.75 Å². The van der Waals surface area contributed by atoms with Gasteiger partial charge in [0, 0.05) is 5.92 Å². The van der Waals surface area contributed by atoms with Crippen LogP contribution in [0.1, 0.15) is 11.6 Å². The van der Waals surface area contributed by atoms with Crippen molar-refractivity contribution < 1.29 is 13.9 Å². The molecule has 1 aromatic rings. The maximum absolute atomic E-state index is 13.4. The van der Waals surface area contributed by atoms with E-state index in [1.165, 1.54) is 6.08 Å². The van der Waals surface area contributed by atoms with Gasteiger partial charge in [0.15, 0.2) is 0 Å². The fourth-order valence-corrected chi connectivity index (χ4v) is 3.66. The summed E-state index contributed by atoms with van der Waals surface area (Å²) < 4.78 is 18.5. The van der Waals surface area contributed by atoms with Crippen molar-refractivity contribution in [1.29, 1.82) is 0 Å². The number of halogens is 1. The van der Waals surface area contributed by atoms with Crippen molar-refractivity contribution in [3.05, 3.63) is 53.9 Å². The van der Waals surface area contributed by atoms with E-state index < -0.39 is 0 Å². The Hall–Kier alpha value is -2.10. The van der Waals surface area contributed by atoms with Gasteiger partial charge in [-0.25, -0.2) is 4.39 Å². The summed E-state index contributed by atoms with van der Waals surface area (Å²) in [6.07, 6.45) is 4.86. The summed E-state index contributed by atoms with van der Waals surface area (Å²) in [7, 11) is 1.63. The number of hydrogen-bond donors (Lipinski definition) is 0. The van der Waals surface area contributed by atoms with E-state index in [0.717, 1.165) is 11.3 Å². The van der Waals surface area contributed by atoms with Crippen LogP contribution in [0.25, 0.3) is 0 Å². The maximum atomic E-state index is 13.4. The van der Waals surface area contributed by atoms with E-state index in [0.29, 0.717) is 0 Å². The first kappa shape index (κ1) is 11.7. The Morgan fingerprint density at radius 2 is 2.00 bits per heavy atom. The van der Waals surface area contributed by atoms with Gasteiger partial charge >= 0.3 is 0 Å². The van der Waals surface area contributed by atoms with Crippen molar-refractivity contribution in [3.8, 4) is 5.75 Å². The number of nitrogens with zero attached hydrogens (tertiary/aromatic N) is 1. The second-order valence-electron chi connectivity index (χ2n) is 5.47. The minimum absolute atomic E-state index is 0.0131. The number of allylic oxidation sites excluding steroid dienone is 2. The van der Waals surface area contributed by atoms with Gasteiger partial charge in [-0.2, -0.15) is 0 Å². The second-order valence-corrected chi connectivity index (χ2v) is 5.47. The van der Waals surface area contributed by atoms with E-state index in [1.54, 1.807) is 19.3 Å². The van der Waals surface area contributed by atoms with Crippen molar-refractivity contribution in [1.82, 2.24) is 4.90 Å². The smallest absolute Gasteiger partial charge is 0.229 e. The quantitative estimate of drug-likeness (QED) is 0.774. The Bertz CT molecular complexity index is 634. The van der Waals surface area contributed by atoms with Crippen LogP contribution in [0, 0.1) is 11.8 Å². The number of rotatable bonds is 2. The van der Waals surface area contributed by atoms with E-state index in [1.807, 2.05) is 29.2 Å². The monoisotopic (exact) mass is 271 g/mol. The third-order valence-corrected chi connectivity index (χ3v) is 4.57. The highest BCUT2D eigenvalue weighted by Gasteiger charge is 2.63. The van der Waals surface area contributed by atoms with Gasteiger partial charge in [-0.3, -0.25) is 4.79 Å². The molecule has 0 aromatic heterocycles. The summed E-state index contributed by atoms with van der Waals surface area (Å²) in [4.78, 5) is 14.0. The first-order valence-electron chi connectivity index (χ1n) is 6.72. The Labute approximate surface area is 116 Å². The predicted molar refractivity (Wildman–Crippen MR) is 71.7 cm³/mol. The highest BCUT2D eigenvalue weighted by molar-refractivity contribution is 5.91. The van der Waals surface area contributed by atoms with Crippen LogP contribution in [-0.4, -0.2) is 24.0 Å². The molecule has 3 aliphatic rings. The zero-order chi connectivity index (χ0) is 13.9. The predicted octanol–water partition coefficient (Wildman–Crippen LogP) is 2.62. The number of β-lactam (4-membered cyclic amide) rings is 1. The van der Waals surface area contributed by atoms with Crippen LogP contribution in [0.15, 0.2) is 48.3 Å². The number of carbonyl (C=O) groups is 1. The maximum Gasteiger partial charge on any atom is 0.229 e. The molecule has 0 N–H and O–H groups in total. The summed E-state index contributed by atoms with van der Waals surface area (Å²) in [6.45, 7) is 0. The SMILES string of the molecule is COc1ccc([C@@H]2[C@@H]3C(=O)N2C2C=CC(F)=CC23)cc1. The van der Waals surface area contributed by atoms with Gasteiger partial charge in [0.2, 0.25) is 5.91 Å². The number of carbonyl (C=O) groups excluding carboxylic acids is 1. The molecule has 2 bridgehead atoms. The average Bonchev–Trinajstić information content (AvgIpc) is 2.95. The number of amides is 1. The van der Waals surface area contributed by atoms with Crippen molar-refractivity contribution >= 4 is 5.91 Å². The van der Waals surface area contributed by atoms with Gasteiger partial charge < -0.3 is 9.64 Å². The van der Waals surface area contributed by atoms with Crippen LogP contribution >= 0.6 is 0 Å². The lowest BCUT2D eigenvalue weighted by Crippen LogP contribution is -2.48. The number of ether oxygens (including phenoxy) is 1. The summed E-state index contributed by atoms with van der Waals surface area (Å²) in [5.41, 5.74) is 1.09. The van der Waals surface area contributed by atoms with Crippen molar-refractivity contribution in [2.45, 2.75) is 12.1 Å². The Kier molecular flexibility index (Phi) is 2.31. The van der Waals surface area contributed by atoms with Gasteiger partial charge in [-0.05, 0) is 29.8 Å². The molecule has 2 aliphatic heterocycles.